The Kier molecular flexibility index (Phi) is 1.77. The van der Waals surface area contributed by atoms with Gasteiger partial charge in [-0.05, 0) is 12.8 Å². The zero-order valence-corrected chi connectivity index (χ0v) is 7.07. The third-order valence-electron chi connectivity index (χ3n) is 1.91. The summed E-state index contributed by atoms with van der Waals surface area (Å²) in [7, 11) is 0. The topological polar surface area (TPSA) is 50.4 Å². The van der Waals surface area contributed by atoms with Crippen LogP contribution in [0.3, 0.4) is 0 Å². The lowest BCUT2D eigenvalue weighted by Crippen LogP contribution is -2.02. The van der Waals surface area contributed by atoms with Gasteiger partial charge in [-0.15, -0.1) is 0 Å². The highest BCUT2D eigenvalue weighted by atomic mass is 35.5. The molecule has 0 bridgehead atoms. The van der Waals surface area contributed by atoms with Crippen LogP contribution in [0.5, 0.6) is 0 Å². The summed E-state index contributed by atoms with van der Waals surface area (Å²) in [6.45, 7) is 0. The first kappa shape index (κ1) is 7.61. The van der Waals surface area contributed by atoms with Crippen molar-refractivity contribution in [3.05, 3.63) is 18.2 Å². The minimum absolute atomic E-state index is 0.0967. The van der Waals surface area contributed by atoms with E-state index < -0.39 is 0 Å². The molecule has 1 saturated carbocycles. The van der Waals surface area contributed by atoms with E-state index in [2.05, 4.69) is 10.1 Å². The molecule has 0 unspecified atom stereocenters. The average molecular weight is 186 g/mol. The van der Waals surface area contributed by atoms with Crippen molar-refractivity contribution in [3.8, 4) is 0 Å². The van der Waals surface area contributed by atoms with Crippen LogP contribution in [0.2, 0.25) is 0 Å². The van der Waals surface area contributed by atoms with Gasteiger partial charge in [0.05, 0.1) is 12.5 Å². The maximum atomic E-state index is 8.45. The van der Waals surface area contributed by atoms with Gasteiger partial charge < -0.3 is 9.77 Å². The molecule has 1 aromatic rings. The van der Waals surface area contributed by atoms with Crippen LogP contribution in [0.4, 0.5) is 0 Å². The predicted molar refractivity (Wildman–Crippen MR) is 44.7 cm³/mol. The molecule has 0 aliphatic heterocycles. The van der Waals surface area contributed by atoms with Gasteiger partial charge in [0, 0.05) is 6.04 Å². The predicted octanol–water partition coefficient (Wildman–Crippen LogP) is 1.59. The fourth-order valence-electron chi connectivity index (χ4n) is 1.16. The maximum Gasteiger partial charge on any atom is 0.193 e. The van der Waals surface area contributed by atoms with Gasteiger partial charge in [-0.1, -0.05) is 16.8 Å². The van der Waals surface area contributed by atoms with Crippen LogP contribution in [0.15, 0.2) is 17.7 Å². The van der Waals surface area contributed by atoms with Gasteiger partial charge in [0.2, 0.25) is 0 Å². The third kappa shape index (κ3) is 1.18. The summed E-state index contributed by atoms with van der Waals surface area (Å²) >= 11 is 5.65. The molecule has 12 heavy (non-hydrogen) atoms. The Morgan fingerprint density at radius 1 is 1.75 bits per heavy atom. The Bertz CT molecular complexity index is 316. The van der Waals surface area contributed by atoms with Crippen molar-refractivity contribution in [1.29, 1.82) is 0 Å². The first-order chi connectivity index (χ1) is 5.83. The van der Waals surface area contributed by atoms with Crippen molar-refractivity contribution >= 4 is 16.8 Å². The van der Waals surface area contributed by atoms with Crippen LogP contribution in [0.25, 0.3) is 0 Å². The van der Waals surface area contributed by atoms with Crippen molar-refractivity contribution in [1.82, 2.24) is 9.55 Å². The molecule has 1 heterocycles. The molecule has 1 fully saturated rings. The molecule has 5 heteroatoms. The molecule has 1 aliphatic carbocycles. The van der Waals surface area contributed by atoms with E-state index in [1.54, 1.807) is 12.5 Å². The molecule has 0 saturated heterocycles. The second-order valence-electron chi connectivity index (χ2n) is 2.81. The van der Waals surface area contributed by atoms with Crippen molar-refractivity contribution < 1.29 is 5.21 Å². The largest absolute Gasteiger partial charge is 0.410 e. The third-order valence-corrected chi connectivity index (χ3v) is 2.17. The van der Waals surface area contributed by atoms with E-state index in [0.29, 0.717) is 11.7 Å². The molecule has 1 aromatic heterocycles. The second-order valence-corrected chi connectivity index (χ2v) is 3.17. The normalized spacial score (nSPS) is 18.2. The Labute approximate surface area is 74.5 Å². The first-order valence-electron chi connectivity index (χ1n) is 3.72. The van der Waals surface area contributed by atoms with Crippen molar-refractivity contribution in [2.45, 2.75) is 18.9 Å². The van der Waals surface area contributed by atoms with Crippen LogP contribution >= 0.6 is 11.6 Å². The lowest BCUT2D eigenvalue weighted by atomic mass is 10.5. The van der Waals surface area contributed by atoms with Crippen LogP contribution in [-0.4, -0.2) is 19.9 Å². The summed E-state index contributed by atoms with van der Waals surface area (Å²) in [5, 5.41) is 11.5. The molecular weight excluding hydrogens is 178 g/mol. The lowest BCUT2D eigenvalue weighted by molar-refractivity contribution is 0.320. The molecule has 0 spiro atoms. The van der Waals surface area contributed by atoms with Crippen molar-refractivity contribution in [2.24, 2.45) is 5.16 Å². The molecule has 1 aliphatic rings. The van der Waals surface area contributed by atoms with Gasteiger partial charge in [-0.3, -0.25) is 0 Å². The van der Waals surface area contributed by atoms with E-state index in [4.69, 9.17) is 16.8 Å². The number of rotatable bonds is 2. The van der Waals surface area contributed by atoms with Crippen LogP contribution in [0.1, 0.15) is 24.6 Å². The fourth-order valence-corrected chi connectivity index (χ4v) is 1.31. The first-order valence-corrected chi connectivity index (χ1v) is 4.10. The number of halogens is 1. The van der Waals surface area contributed by atoms with E-state index >= 15 is 0 Å². The quantitative estimate of drug-likeness (QED) is 0.432. The summed E-state index contributed by atoms with van der Waals surface area (Å²) in [4.78, 5) is 3.94. The SMILES string of the molecule is O/N=C(\Cl)c1cncn1C1CC1. The van der Waals surface area contributed by atoms with Gasteiger partial charge >= 0.3 is 0 Å². The highest BCUT2D eigenvalue weighted by Gasteiger charge is 2.26. The zero-order chi connectivity index (χ0) is 8.55. The standard InChI is InChI=1S/C7H8ClN3O/c8-7(10-12)6-3-9-4-11(6)5-1-2-5/h3-5,12H,1-2H2/b10-7-. The smallest absolute Gasteiger partial charge is 0.193 e. The monoisotopic (exact) mass is 185 g/mol. The molecule has 1 N–H and O–H groups in total. The van der Waals surface area contributed by atoms with Gasteiger partial charge in [0.1, 0.15) is 5.69 Å². The summed E-state index contributed by atoms with van der Waals surface area (Å²) in [5.74, 6) is 0. The minimum atomic E-state index is 0.0967. The second kappa shape index (κ2) is 2.79. The maximum absolute atomic E-state index is 8.45. The molecule has 4 nitrogen and oxygen atoms in total. The van der Waals surface area contributed by atoms with Gasteiger partial charge in [0.25, 0.3) is 0 Å². The van der Waals surface area contributed by atoms with E-state index in [-0.39, 0.29) is 5.17 Å². The van der Waals surface area contributed by atoms with Crippen molar-refractivity contribution in [3.63, 3.8) is 0 Å². The number of oxime groups is 1. The Morgan fingerprint density at radius 3 is 3.08 bits per heavy atom. The number of imidazole rings is 1. The van der Waals surface area contributed by atoms with E-state index in [1.165, 1.54) is 0 Å². The highest BCUT2D eigenvalue weighted by Crippen LogP contribution is 2.35. The van der Waals surface area contributed by atoms with Gasteiger partial charge in [-0.2, -0.15) is 0 Å². The fraction of sp³-hybridized carbons (Fsp3) is 0.429. The number of aromatic nitrogens is 2. The Hall–Kier alpha value is -1.03. The molecule has 0 amide bonds. The zero-order valence-electron chi connectivity index (χ0n) is 6.31. The average Bonchev–Trinajstić information content (AvgIpc) is 2.83. The highest BCUT2D eigenvalue weighted by molar-refractivity contribution is 6.69. The molecule has 0 atom stereocenters. The summed E-state index contributed by atoms with van der Waals surface area (Å²) < 4.78 is 1.93. The van der Waals surface area contributed by atoms with E-state index in [9.17, 15) is 0 Å². The summed E-state index contributed by atoms with van der Waals surface area (Å²) in [6.07, 6.45) is 5.61. The van der Waals surface area contributed by atoms with E-state index in [0.717, 1.165) is 12.8 Å². The Morgan fingerprint density at radius 2 is 2.50 bits per heavy atom. The van der Waals surface area contributed by atoms with Gasteiger partial charge in [0.15, 0.2) is 5.17 Å². The molecule has 64 valence electrons. The molecule has 2 rings (SSSR count). The summed E-state index contributed by atoms with van der Waals surface area (Å²) in [6, 6.07) is 0.498. The Balaban J connectivity index is 2.35. The van der Waals surface area contributed by atoms with Gasteiger partial charge in [-0.25, -0.2) is 4.98 Å². The number of nitrogens with zero attached hydrogens (tertiary/aromatic N) is 3. The van der Waals surface area contributed by atoms with Crippen LogP contribution < -0.4 is 0 Å². The van der Waals surface area contributed by atoms with Crippen LogP contribution in [0, 0.1) is 0 Å². The summed E-state index contributed by atoms with van der Waals surface area (Å²) in [5.41, 5.74) is 0.682. The number of hydrogen-bond acceptors (Lipinski definition) is 3. The molecule has 0 radical (unpaired) electrons. The lowest BCUT2D eigenvalue weighted by Gasteiger charge is -2.01. The van der Waals surface area contributed by atoms with E-state index in [1.807, 2.05) is 4.57 Å². The minimum Gasteiger partial charge on any atom is -0.410 e. The number of hydrogen-bond donors (Lipinski definition) is 1. The molecule has 0 aromatic carbocycles. The van der Waals surface area contributed by atoms with Crippen molar-refractivity contribution in [2.75, 3.05) is 0 Å². The molecular formula is C7H8ClN3O. The van der Waals surface area contributed by atoms with Crippen LogP contribution in [-0.2, 0) is 0 Å².